The lowest BCUT2D eigenvalue weighted by molar-refractivity contribution is 0.0891. The van der Waals surface area contributed by atoms with E-state index in [2.05, 4.69) is 46.0 Å². The monoisotopic (exact) mass is 470 g/mol. The fourth-order valence-electron chi connectivity index (χ4n) is 5.29. The zero-order chi connectivity index (χ0) is 24.1. The van der Waals surface area contributed by atoms with Crippen molar-refractivity contribution < 1.29 is 9.53 Å². The third-order valence-corrected chi connectivity index (χ3v) is 7.64. The number of carbonyl (C=O) groups excluding carboxylic acids is 1. The van der Waals surface area contributed by atoms with Crippen molar-refractivity contribution in [3.8, 4) is 5.88 Å². The number of ether oxygens (including phenoxy) is 1. The van der Waals surface area contributed by atoms with Crippen molar-refractivity contribution in [3.05, 3.63) is 17.8 Å². The first-order chi connectivity index (χ1) is 16.5. The van der Waals surface area contributed by atoms with Crippen LogP contribution in [0.15, 0.2) is 12.1 Å². The molecule has 1 atom stereocenters. The van der Waals surface area contributed by atoms with Crippen LogP contribution in [-0.2, 0) is 7.05 Å². The van der Waals surface area contributed by atoms with Gasteiger partial charge < -0.3 is 15.0 Å². The molecule has 188 valence electrons. The van der Waals surface area contributed by atoms with E-state index in [0.29, 0.717) is 17.2 Å². The van der Waals surface area contributed by atoms with Gasteiger partial charge in [0.05, 0.1) is 11.5 Å². The van der Waals surface area contributed by atoms with Gasteiger partial charge in [0.25, 0.3) is 5.91 Å². The molecule has 1 unspecified atom stereocenters. The van der Waals surface area contributed by atoms with Crippen molar-refractivity contribution in [1.29, 1.82) is 0 Å². The molecule has 4 rings (SSSR count). The lowest BCUT2D eigenvalue weighted by Gasteiger charge is -2.37. The molecule has 8 heteroatoms. The molecule has 2 aromatic rings. The number of nitrogens with zero attached hydrogens (tertiary/aromatic N) is 5. The highest BCUT2D eigenvalue weighted by atomic mass is 16.5. The molecular weight excluding hydrogens is 428 g/mol. The third-order valence-electron chi connectivity index (χ3n) is 7.64. The molecule has 2 aromatic heterocycles. The van der Waals surface area contributed by atoms with Crippen molar-refractivity contribution in [2.75, 3.05) is 32.7 Å². The summed E-state index contributed by atoms with van der Waals surface area (Å²) < 4.78 is 7.66. The van der Waals surface area contributed by atoms with Gasteiger partial charge in [0.2, 0.25) is 5.88 Å². The second-order valence-electron chi connectivity index (χ2n) is 10.0. The maximum atomic E-state index is 13.1. The number of pyridine rings is 1. The van der Waals surface area contributed by atoms with Crippen LogP contribution in [0.25, 0.3) is 11.0 Å². The summed E-state index contributed by atoms with van der Waals surface area (Å²) in [5, 5.41) is 8.49. The van der Waals surface area contributed by atoms with Gasteiger partial charge in [-0.25, -0.2) is 4.68 Å². The molecule has 1 N–H and O–H groups in total. The Balaban J connectivity index is 1.30. The molecule has 0 aromatic carbocycles. The highest BCUT2D eigenvalue weighted by molar-refractivity contribution is 6.04. The lowest BCUT2D eigenvalue weighted by Crippen LogP contribution is -2.48. The summed E-state index contributed by atoms with van der Waals surface area (Å²) in [6.45, 7) is 12.2. The Morgan fingerprint density at radius 1 is 1.12 bits per heavy atom. The number of hydrogen-bond acceptors (Lipinski definition) is 6. The zero-order valence-electron chi connectivity index (χ0n) is 21.4. The molecule has 8 nitrogen and oxygen atoms in total. The van der Waals surface area contributed by atoms with Gasteiger partial charge in [-0.15, -0.1) is 0 Å². The van der Waals surface area contributed by atoms with Gasteiger partial charge in [-0.05, 0) is 58.1 Å². The van der Waals surface area contributed by atoms with Gasteiger partial charge in [0.15, 0.2) is 11.3 Å². The van der Waals surface area contributed by atoms with Gasteiger partial charge in [-0.2, -0.15) is 10.1 Å². The number of hydrogen-bond donors (Lipinski definition) is 1. The van der Waals surface area contributed by atoms with E-state index in [4.69, 9.17) is 4.74 Å². The minimum atomic E-state index is -0.110. The third kappa shape index (κ3) is 5.89. The van der Waals surface area contributed by atoms with Crippen LogP contribution in [0.3, 0.4) is 0 Å². The van der Waals surface area contributed by atoms with Crippen LogP contribution in [0.2, 0.25) is 0 Å². The normalized spacial score (nSPS) is 20.8. The lowest BCUT2D eigenvalue weighted by atomic mass is 10.0. The fourth-order valence-corrected chi connectivity index (χ4v) is 5.29. The van der Waals surface area contributed by atoms with Crippen LogP contribution in [-0.4, -0.2) is 81.4 Å². The Kier molecular flexibility index (Phi) is 8.42. The van der Waals surface area contributed by atoms with E-state index < -0.39 is 0 Å². The number of rotatable bonds is 9. The Morgan fingerprint density at radius 3 is 2.59 bits per heavy atom. The topological polar surface area (TPSA) is 75.5 Å². The average Bonchev–Trinajstić information content (AvgIpc) is 3.19. The average molecular weight is 471 g/mol. The predicted molar refractivity (Wildman–Crippen MR) is 135 cm³/mol. The van der Waals surface area contributed by atoms with Crippen LogP contribution < -0.4 is 10.1 Å². The molecule has 2 aliphatic rings. The number of aryl methyl sites for hydroxylation is 1. The second kappa shape index (κ2) is 11.5. The maximum Gasteiger partial charge on any atom is 0.272 e. The molecule has 0 saturated carbocycles. The van der Waals surface area contributed by atoms with Gasteiger partial charge in [-0.1, -0.05) is 20.3 Å². The largest absolute Gasteiger partial charge is 0.474 e. The SMILES string of the molecule is CCC(CC)Oc1ccc2c(C(=O)NC3CCN(CCN4CCCCC4C)CC3)nn(C)c2n1. The van der Waals surface area contributed by atoms with E-state index in [0.717, 1.165) is 63.3 Å². The van der Waals surface area contributed by atoms with Crippen LogP contribution >= 0.6 is 0 Å². The molecule has 0 spiro atoms. The Labute approximate surface area is 204 Å². The summed E-state index contributed by atoms with van der Waals surface area (Å²) in [7, 11) is 1.83. The molecule has 2 fully saturated rings. The van der Waals surface area contributed by atoms with Crippen molar-refractivity contribution in [2.24, 2.45) is 7.05 Å². The standard InChI is InChI=1S/C26H42N6O2/c1-5-21(6-2)34-23-11-10-22-24(29-30(4)25(22)28-23)26(33)27-20-12-15-31(16-13-20)17-18-32-14-8-7-9-19(32)3/h10-11,19-21H,5-9,12-18H2,1-4H3,(H,27,33). The summed E-state index contributed by atoms with van der Waals surface area (Å²) in [5.74, 6) is 0.476. The number of aromatic nitrogens is 3. The number of carbonyl (C=O) groups is 1. The van der Waals surface area contributed by atoms with Gasteiger partial charge in [-0.3, -0.25) is 9.69 Å². The molecule has 4 heterocycles. The van der Waals surface area contributed by atoms with Crippen molar-refractivity contribution in [2.45, 2.75) is 83.9 Å². The molecule has 2 aliphatic heterocycles. The van der Waals surface area contributed by atoms with Crippen molar-refractivity contribution >= 4 is 16.9 Å². The van der Waals surface area contributed by atoms with Crippen LogP contribution in [0, 0.1) is 0 Å². The number of fused-ring (bicyclic) bond motifs is 1. The van der Waals surface area contributed by atoms with Crippen LogP contribution in [0.4, 0.5) is 0 Å². The molecule has 2 saturated heterocycles. The summed E-state index contributed by atoms with van der Waals surface area (Å²) in [5.41, 5.74) is 1.12. The second-order valence-corrected chi connectivity index (χ2v) is 10.0. The van der Waals surface area contributed by atoms with Crippen molar-refractivity contribution in [1.82, 2.24) is 29.9 Å². The predicted octanol–water partition coefficient (Wildman–Crippen LogP) is 3.60. The van der Waals surface area contributed by atoms with E-state index >= 15 is 0 Å². The molecular formula is C26H42N6O2. The summed E-state index contributed by atoms with van der Waals surface area (Å²) in [4.78, 5) is 22.9. The molecule has 34 heavy (non-hydrogen) atoms. The van der Waals surface area contributed by atoms with Crippen molar-refractivity contribution in [3.63, 3.8) is 0 Å². The quantitative estimate of drug-likeness (QED) is 0.604. The van der Waals surface area contributed by atoms with E-state index in [1.807, 2.05) is 19.2 Å². The van der Waals surface area contributed by atoms with E-state index in [-0.39, 0.29) is 18.1 Å². The first kappa shape index (κ1) is 24.9. The van der Waals surface area contributed by atoms with E-state index in [1.54, 1.807) is 4.68 Å². The minimum Gasteiger partial charge on any atom is -0.474 e. The van der Waals surface area contributed by atoms with Crippen LogP contribution in [0.1, 0.15) is 76.2 Å². The first-order valence-corrected chi connectivity index (χ1v) is 13.3. The molecule has 0 bridgehead atoms. The van der Waals surface area contributed by atoms with Gasteiger partial charge in [0, 0.05) is 51.4 Å². The Bertz CT molecular complexity index is 948. The smallest absolute Gasteiger partial charge is 0.272 e. The summed E-state index contributed by atoms with van der Waals surface area (Å²) >= 11 is 0. The summed E-state index contributed by atoms with van der Waals surface area (Å²) in [6, 6.07) is 4.67. The zero-order valence-corrected chi connectivity index (χ0v) is 21.4. The maximum absolute atomic E-state index is 13.1. The Morgan fingerprint density at radius 2 is 1.88 bits per heavy atom. The summed E-state index contributed by atoms with van der Waals surface area (Å²) in [6.07, 6.45) is 8.03. The number of amides is 1. The first-order valence-electron chi connectivity index (χ1n) is 13.3. The Hall–Kier alpha value is -2.19. The number of likely N-dealkylation sites (tertiary alicyclic amines) is 2. The van der Waals surface area contributed by atoms with Crippen LogP contribution in [0.5, 0.6) is 5.88 Å². The highest BCUT2D eigenvalue weighted by Gasteiger charge is 2.25. The molecule has 0 radical (unpaired) electrons. The fraction of sp³-hybridized carbons (Fsp3) is 0.731. The van der Waals surface area contributed by atoms with E-state index in [1.165, 1.54) is 25.8 Å². The van der Waals surface area contributed by atoms with Gasteiger partial charge >= 0.3 is 0 Å². The molecule has 0 aliphatic carbocycles. The molecule has 1 amide bonds. The highest BCUT2D eigenvalue weighted by Crippen LogP contribution is 2.22. The number of nitrogens with one attached hydrogen (secondary N) is 1. The minimum absolute atomic E-state index is 0.110. The number of piperidine rings is 2. The van der Waals surface area contributed by atoms with Gasteiger partial charge in [0.1, 0.15) is 0 Å². The van der Waals surface area contributed by atoms with E-state index in [9.17, 15) is 4.79 Å².